The summed E-state index contributed by atoms with van der Waals surface area (Å²) in [5.74, 6) is 0.768. The number of para-hydroxylation sites is 1. The molecule has 0 aromatic heterocycles. The van der Waals surface area contributed by atoms with Gasteiger partial charge in [0.1, 0.15) is 5.66 Å². The predicted octanol–water partition coefficient (Wildman–Crippen LogP) is 2.78. The Balaban J connectivity index is 0.00000176. The van der Waals surface area contributed by atoms with E-state index < -0.39 is 0 Å². The Bertz CT molecular complexity index is 590. The highest BCUT2D eigenvalue weighted by Crippen LogP contribution is 2.40. The molecule has 0 saturated heterocycles. The van der Waals surface area contributed by atoms with Crippen LogP contribution in [0.4, 0.5) is 5.69 Å². The largest absolute Gasteiger partial charge is 0.369 e. The van der Waals surface area contributed by atoms with Crippen molar-refractivity contribution in [1.29, 1.82) is 0 Å². The van der Waals surface area contributed by atoms with Crippen molar-refractivity contribution in [3.63, 3.8) is 0 Å². The maximum Gasteiger partial charge on any atom is 0.220 e. The van der Waals surface area contributed by atoms with Crippen LogP contribution in [0.1, 0.15) is 44.6 Å². The molecular formula is C16H24ClN5. The number of anilines is 1. The van der Waals surface area contributed by atoms with Gasteiger partial charge in [-0.25, -0.2) is 4.99 Å². The zero-order valence-electron chi connectivity index (χ0n) is 13.0. The zero-order valence-corrected chi connectivity index (χ0v) is 13.8. The average molecular weight is 322 g/mol. The van der Waals surface area contributed by atoms with E-state index in [0.29, 0.717) is 11.9 Å². The molecule has 22 heavy (non-hydrogen) atoms. The molecule has 0 atom stereocenters. The molecule has 5 nitrogen and oxygen atoms in total. The van der Waals surface area contributed by atoms with Crippen molar-refractivity contribution < 1.29 is 0 Å². The fourth-order valence-electron chi connectivity index (χ4n) is 3.50. The lowest BCUT2D eigenvalue weighted by molar-refractivity contribution is 0.305. The second-order valence-corrected chi connectivity index (χ2v) is 5.80. The minimum atomic E-state index is -0.348. The number of nitrogens with zero attached hydrogens (tertiary/aromatic N) is 3. The first kappa shape index (κ1) is 16.6. The lowest BCUT2D eigenvalue weighted by Gasteiger charge is -2.46. The van der Waals surface area contributed by atoms with E-state index in [9.17, 15) is 0 Å². The Morgan fingerprint density at radius 3 is 2.50 bits per heavy atom. The molecule has 120 valence electrons. The average Bonchev–Trinajstić information content (AvgIpc) is 2.47. The third-order valence-electron chi connectivity index (χ3n) is 4.46. The van der Waals surface area contributed by atoms with Gasteiger partial charge in [0.2, 0.25) is 11.9 Å². The number of hydrogen-bond donors (Lipinski definition) is 2. The number of halogens is 1. The minimum Gasteiger partial charge on any atom is -0.369 e. The highest BCUT2D eigenvalue weighted by atomic mass is 35.5. The fourth-order valence-corrected chi connectivity index (χ4v) is 3.50. The number of aliphatic imine (C=N–C) groups is 2. The van der Waals surface area contributed by atoms with Crippen LogP contribution in [-0.4, -0.2) is 17.6 Å². The van der Waals surface area contributed by atoms with Crippen molar-refractivity contribution in [3.05, 3.63) is 29.8 Å². The summed E-state index contributed by atoms with van der Waals surface area (Å²) in [4.78, 5) is 11.0. The summed E-state index contributed by atoms with van der Waals surface area (Å²) in [5, 5.41) is 0. The van der Waals surface area contributed by atoms with Gasteiger partial charge in [0, 0.05) is 5.69 Å². The van der Waals surface area contributed by atoms with Crippen LogP contribution >= 0.6 is 12.4 Å². The van der Waals surface area contributed by atoms with Crippen LogP contribution in [-0.2, 0) is 6.42 Å². The van der Waals surface area contributed by atoms with Gasteiger partial charge in [-0.05, 0) is 43.7 Å². The molecule has 0 unspecified atom stereocenters. The van der Waals surface area contributed by atoms with Gasteiger partial charge in [0.05, 0.1) is 0 Å². The normalized spacial score (nSPS) is 20.1. The molecule has 4 N–H and O–H groups in total. The molecule has 1 spiro atoms. The first-order valence-electron chi connectivity index (χ1n) is 7.74. The number of aryl methyl sites for hydroxylation is 1. The van der Waals surface area contributed by atoms with Gasteiger partial charge in [-0.15, -0.1) is 12.4 Å². The lowest BCUT2D eigenvalue weighted by atomic mass is 9.87. The van der Waals surface area contributed by atoms with Crippen molar-refractivity contribution in [1.82, 2.24) is 0 Å². The van der Waals surface area contributed by atoms with Gasteiger partial charge < -0.3 is 11.5 Å². The molecule has 0 bridgehead atoms. The molecule has 6 heteroatoms. The zero-order chi connectivity index (χ0) is 14.9. The molecule has 1 fully saturated rings. The van der Waals surface area contributed by atoms with E-state index in [0.717, 1.165) is 37.8 Å². The highest BCUT2D eigenvalue weighted by molar-refractivity contribution is 6.06. The third kappa shape index (κ3) is 2.77. The summed E-state index contributed by atoms with van der Waals surface area (Å²) >= 11 is 0. The molecule has 1 saturated carbocycles. The van der Waals surface area contributed by atoms with E-state index in [1.54, 1.807) is 0 Å². The molecule has 0 radical (unpaired) electrons. The topological polar surface area (TPSA) is 80.0 Å². The standard InChI is InChI=1S/C16H23N5.ClH/c1-2-12-8-4-5-9-13(12)21-15(18)19-14(17)20-16(21)10-6-3-7-11-16;/h4-5,8-9H,2-3,6-7,10-11H2,1H3,(H4,17,18,19,20);1H. The van der Waals surface area contributed by atoms with E-state index in [4.69, 9.17) is 16.5 Å². The molecule has 1 aromatic carbocycles. The van der Waals surface area contributed by atoms with E-state index in [2.05, 4.69) is 35.0 Å². The Labute approximate surface area is 137 Å². The van der Waals surface area contributed by atoms with Crippen molar-refractivity contribution in [2.24, 2.45) is 21.5 Å². The smallest absolute Gasteiger partial charge is 0.220 e. The monoisotopic (exact) mass is 321 g/mol. The SMILES string of the molecule is CCc1ccccc1N1C(N)=NC(N)=NC12CCCCC2.Cl. The highest BCUT2D eigenvalue weighted by Gasteiger charge is 2.42. The summed E-state index contributed by atoms with van der Waals surface area (Å²) in [6, 6.07) is 8.35. The van der Waals surface area contributed by atoms with Crippen molar-refractivity contribution in [2.75, 3.05) is 4.90 Å². The maximum atomic E-state index is 6.25. The van der Waals surface area contributed by atoms with Gasteiger partial charge >= 0.3 is 0 Å². The van der Waals surface area contributed by atoms with Gasteiger partial charge in [-0.3, -0.25) is 4.90 Å². The lowest BCUT2D eigenvalue weighted by Crippen LogP contribution is -2.58. The Hall–Kier alpha value is -1.75. The molecule has 1 aliphatic heterocycles. The molecule has 1 aliphatic carbocycles. The van der Waals surface area contributed by atoms with E-state index in [1.807, 2.05) is 6.07 Å². The summed E-state index contributed by atoms with van der Waals surface area (Å²) < 4.78 is 0. The summed E-state index contributed by atoms with van der Waals surface area (Å²) in [6.07, 6.45) is 6.44. The Morgan fingerprint density at radius 2 is 1.82 bits per heavy atom. The van der Waals surface area contributed by atoms with Gasteiger partial charge in [0.15, 0.2) is 0 Å². The van der Waals surface area contributed by atoms with Crippen molar-refractivity contribution in [3.8, 4) is 0 Å². The Kier molecular flexibility index (Phi) is 4.96. The number of guanidine groups is 2. The van der Waals surface area contributed by atoms with E-state index in [-0.39, 0.29) is 18.1 Å². The van der Waals surface area contributed by atoms with Crippen molar-refractivity contribution >= 4 is 30.0 Å². The quantitative estimate of drug-likeness (QED) is 0.879. The van der Waals surface area contributed by atoms with Crippen molar-refractivity contribution in [2.45, 2.75) is 51.1 Å². The van der Waals surface area contributed by atoms with E-state index in [1.165, 1.54) is 12.0 Å². The first-order valence-corrected chi connectivity index (χ1v) is 7.74. The second kappa shape index (κ2) is 6.57. The maximum absolute atomic E-state index is 6.25. The number of benzene rings is 1. The second-order valence-electron chi connectivity index (χ2n) is 5.80. The molecular weight excluding hydrogens is 298 g/mol. The summed E-state index contributed by atoms with van der Waals surface area (Å²) in [6.45, 7) is 2.15. The van der Waals surface area contributed by atoms with Crippen LogP contribution < -0.4 is 16.4 Å². The van der Waals surface area contributed by atoms with Crippen LogP contribution in [0.3, 0.4) is 0 Å². The van der Waals surface area contributed by atoms with Gasteiger partial charge in [-0.2, -0.15) is 4.99 Å². The molecule has 1 heterocycles. The summed E-state index contributed by atoms with van der Waals surface area (Å²) in [7, 11) is 0. The van der Waals surface area contributed by atoms with E-state index >= 15 is 0 Å². The fraction of sp³-hybridized carbons (Fsp3) is 0.500. The first-order chi connectivity index (χ1) is 10.2. The van der Waals surface area contributed by atoms with Crippen LogP contribution in [0.2, 0.25) is 0 Å². The van der Waals surface area contributed by atoms with Crippen LogP contribution in [0, 0.1) is 0 Å². The third-order valence-corrected chi connectivity index (χ3v) is 4.46. The predicted molar refractivity (Wildman–Crippen MR) is 94.6 cm³/mol. The minimum absolute atomic E-state index is 0. The molecule has 1 aromatic rings. The molecule has 0 amide bonds. The Morgan fingerprint density at radius 1 is 1.14 bits per heavy atom. The number of hydrogen-bond acceptors (Lipinski definition) is 5. The summed E-state index contributed by atoms with van der Waals surface area (Å²) in [5.41, 5.74) is 14.2. The van der Waals surface area contributed by atoms with Crippen LogP contribution in [0.5, 0.6) is 0 Å². The number of nitrogens with two attached hydrogens (primary N) is 2. The number of rotatable bonds is 2. The van der Waals surface area contributed by atoms with Gasteiger partial charge in [-0.1, -0.05) is 31.5 Å². The van der Waals surface area contributed by atoms with Gasteiger partial charge in [0.25, 0.3) is 0 Å². The molecule has 3 rings (SSSR count). The van der Waals surface area contributed by atoms with Crippen LogP contribution in [0.25, 0.3) is 0 Å². The van der Waals surface area contributed by atoms with Crippen LogP contribution in [0.15, 0.2) is 34.3 Å². The molecule has 2 aliphatic rings.